The minimum absolute atomic E-state index is 0.136. The molecule has 2 unspecified atom stereocenters. The minimum atomic E-state index is -0.183. The number of aliphatic hydroxyl groups excluding tert-OH is 1. The van der Waals surface area contributed by atoms with Gasteiger partial charge in [0.2, 0.25) is 0 Å². The average Bonchev–Trinajstić information content (AvgIpc) is 2.17. The van der Waals surface area contributed by atoms with Gasteiger partial charge in [0.15, 0.2) is 0 Å². The van der Waals surface area contributed by atoms with E-state index in [0.717, 1.165) is 32.4 Å². The molecule has 2 rings (SSSR count). The summed E-state index contributed by atoms with van der Waals surface area (Å²) in [6.07, 6.45) is 2.95. The van der Waals surface area contributed by atoms with Crippen LogP contribution >= 0.6 is 0 Å². The lowest BCUT2D eigenvalue weighted by molar-refractivity contribution is -0.199. The Bertz CT molecular complexity index is 320. The van der Waals surface area contributed by atoms with Crippen molar-refractivity contribution in [3.63, 3.8) is 0 Å². The molecule has 0 radical (unpaired) electrons. The van der Waals surface area contributed by atoms with Crippen LogP contribution in [0.1, 0.15) is 60.8 Å². The molecule has 112 valence electrons. The predicted octanol–water partition coefficient (Wildman–Crippen LogP) is 2.82. The Labute approximate surface area is 118 Å². The van der Waals surface area contributed by atoms with Crippen LogP contribution in [0.4, 0.5) is 0 Å². The summed E-state index contributed by atoms with van der Waals surface area (Å²) in [5, 5.41) is 10.4. The van der Waals surface area contributed by atoms with Crippen LogP contribution in [0.5, 0.6) is 0 Å². The van der Waals surface area contributed by atoms with Crippen molar-refractivity contribution in [3.05, 3.63) is 0 Å². The number of aliphatic hydroxyl groups is 1. The van der Waals surface area contributed by atoms with E-state index < -0.39 is 0 Å². The number of nitrogens with zero attached hydrogens (tertiary/aromatic N) is 1. The monoisotopic (exact) mass is 269 g/mol. The van der Waals surface area contributed by atoms with Crippen LogP contribution in [0.2, 0.25) is 0 Å². The molecule has 19 heavy (non-hydrogen) atoms. The molecule has 1 aliphatic heterocycles. The van der Waals surface area contributed by atoms with E-state index >= 15 is 0 Å². The highest BCUT2D eigenvalue weighted by Crippen LogP contribution is 2.40. The molecule has 1 aliphatic carbocycles. The quantitative estimate of drug-likeness (QED) is 0.794. The molecular weight excluding hydrogens is 238 g/mol. The third kappa shape index (κ3) is 3.71. The Morgan fingerprint density at radius 1 is 1.00 bits per heavy atom. The molecular formula is C16H31NO2. The Balaban J connectivity index is 2.15. The van der Waals surface area contributed by atoms with Crippen LogP contribution in [0.3, 0.4) is 0 Å². The highest BCUT2D eigenvalue weighted by Gasteiger charge is 2.44. The van der Waals surface area contributed by atoms with E-state index in [-0.39, 0.29) is 23.3 Å². The van der Waals surface area contributed by atoms with E-state index in [9.17, 15) is 5.11 Å². The smallest absolute Gasteiger partial charge is 0.0760 e. The van der Waals surface area contributed by atoms with Crippen molar-refractivity contribution < 1.29 is 9.84 Å². The van der Waals surface area contributed by atoms with Gasteiger partial charge in [-0.3, -0.25) is 4.90 Å². The van der Waals surface area contributed by atoms with Gasteiger partial charge in [-0.25, -0.2) is 0 Å². The lowest BCUT2D eigenvalue weighted by Crippen LogP contribution is -2.62. The van der Waals surface area contributed by atoms with E-state index in [1.165, 1.54) is 0 Å². The van der Waals surface area contributed by atoms with Gasteiger partial charge >= 0.3 is 0 Å². The summed E-state index contributed by atoms with van der Waals surface area (Å²) < 4.78 is 6.15. The van der Waals surface area contributed by atoms with Crippen LogP contribution in [0, 0.1) is 5.41 Å². The summed E-state index contributed by atoms with van der Waals surface area (Å²) in [6, 6.07) is 0.284. The molecule has 1 saturated carbocycles. The van der Waals surface area contributed by atoms with Crippen molar-refractivity contribution in [2.45, 2.75) is 84.2 Å². The van der Waals surface area contributed by atoms with Crippen molar-refractivity contribution in [1.29, 1.82) is 0 Å². The minimum Gasteiger partial charge on any atom is -0.391 e. The van der Waals surface area contributed by atoms with Gasteiger partial charge in [-0.05, 0) is 52.4 Å². The van der Waals surface area contributed by atoms with Crippen molar-refractivity contribution in [2.75, 3.05) is 13.1 Å². The van der Waals surface area contributed by atoms with Crippen LogP contribution in [-0.2, 0) is 4.74 Å². The Hall–Kier alpha value is -0.120. The highest BCUT2D eigenvalue weighted by atomic mass is 16.5. The Morgan fingerprint density at radius 3 is 2.05 bits per heavy atom. The molecule has 0 aromatic rings. The molecule has 0 aromatic carbocycles. The molecule has 3 nitrogen and oxygen atoms in total. The van der Waals surface area contributed by atoms with Crippen molar-refractivity contribution in [1.82, 2.24) is 4.90 Å². The maximum Gasteiger partial charge on any atom is 0.0760 e. The molecule has 0 bridgehead atoms. The first-order valence-electron chi connectivity index (χ1n) is 7.62. The second kappa shape index (κ2) is 4.71. The molecule has 1 N–H and O–H groups in total. The van der Waals surface area contributed by atoms with Crippen LogP contribution in [0.25, 0.3) is 0 Å². The lowest BCUT2D eigenvalue weighted by atomic mass is 9.73. The molecule has 0 amide bonds. The zero-order chi connectivity index (χ0) is 14.5. The summed E-state index contributed by atoms with van der Waals surface area (Å²) in [5.41, 5.74) is 0.0720. The maximum absolute atomic E-state index is 10.4. The van der Waals surface area contributed by atoms with Gasteiger partial charge in [0.1, 0.15) is 0 Å². The van der Waals surface area contributed by atoms with E-state index in [1.54, 1.807) is 0 Å². The number of ether oxygens (including phenoxy) is 1. The van der Waals surface area contributed by atoms with Crippen molar-refractivity contribution >= 4 is 0 Å². The Morgan fingerprint density at radius 2 is 1.53 bits per heavy atom. The molecule has 2 fully saturated rings. The molecule has 3 heteroatoms. The summed E-state index contributed by atoms with van der Waals surface area (Å²) in [5.74, 6) is 0. The topological polar surface area (TPSA) is 32.7 Å². The number of morpholine rings is 1. The fourth-order valence-corrected chi connectivity index (χ4v) is 3.99. The van der Waals surface area contributed by atoms with Crippen molar-refractivity contribution in [2.24, 2.45) is 5.41 Å². The lowest BCUT2D eigenvalue weighted by Gasteiger charge is -2.53. The van der Waals surface area contributed by atoms with Gasteiger partial charge in [-0.1, -0.05) is 13.8 Å². The molecule has 0 aromatic heterocycles. The van der Waals surface area contributed by atoms with Crippen molar-refractivity contribution in [3.8, 4) is 0 Å². The van der Waals surface area contributed by atoms with E-state index in [0.29, 0.717) is 5.41 Å². The van der Waals surface area contributed by atoms with Crippen LogP contribution in [0.15, 0.2) is 0 Å². The first kappa shape index (κ1) is 15.3. The fourth-order valence-electron chi connectivity index (χ4n) is 3.99. The van der Waals surface area contributed by atoms with Crippen LogP contribution < -0.4 is 0 Å². The molecule has 2 atom stereocenters. The van der Waals surface area contributed by atoms with E-state index in [4.69, 9.17) is 4.74 Å². The largest absolute Gasteiger partial charge is 0.391 e. The second-order valence-corrected chi connectivity index (χ2v) is 8.57. The average molecular weight is 269 g/mol. The van der Waals surface area contributed by atoms with Gasteiger partial charge in [0.05, 0.1) is 17.3 Å². The number of hydrogen-bond donors (Lipinski definition) is 1. The Kier molecular flexibility index (Phi) is 3.79. The van der Waals surface area contributed by atoms with E-state index in [2.05, 4.69) is 46.4 Å². The third-order valence-electron chi connectivity index (χ3n) is 4.51. The first-order valence-corrected chi connectivity index (χ1v) is 7.62. The molecule has 0 spiro atoms. The fraction of sp³-hybridized carbons (Fsp3) is 1.00. The SMILES string of the molecule is CC1(C)CCC(O)C(N2CC(C)(C)OC(C)(C)C2)C1. The zero-order valence-electron chi connectivity index (χ0n) is 13.5. The summed E-state index contributed by atoms with van der Waals surface area (Å²) in [6.45, 7) is 15.1. The molecule has 1 heterocycles. The van der Waals surface area contributed by atoms with Gasteiger partial charge < -0.3 is 9.84 Å². The highest BCUT2D eigenvalue weighted by molar-refractivity contribution is 4.97. The van der Waals surface area contributed by atoms with Crippen LogP contribution in [-0.4, -0.2) is 46.4 Å². The van der Waals surface area contributed by atoms with Gasteiger partial charge in [0, 0.05) is 19.1 Å². The maximum atomic E-state index is 10.4. The summed E-state index contributed by atoms with van der Waals surface area (Å²) in [7, 11) is 0. The predicted molar refractivity (Wildman–Crippen MR) is 78.2 cm³/mol. The number of hydrogen-bond acceptors (Lipinski definition) is 3. The third-order valence-corrected chi connectivity index (χ3v) is 4.51. The standard InChI is InChI=1S/C16H31NO2/c1-14(2)8-7-13(18)12(9-14)17-10-15(3,4)19-16(5,6)11-17/h12-13,18H,7-11H2,1-6H3. The van der Waals surface area contributed by atoms with Gasteiger partial charge in [0.25, 0.3) is 0 Å². The normalized spacial score (nSPS) is 38.1. The van der Waals surface area contributed by atoms with Gasteiger partial charge in [-0.15, -0.1) is 0 Å². The number of rotatable bonds is 1. The molecule has 1 saturated heterocycles. The second-order valence-electron chi connectivity index (χ2n) is 8.57. The van der Waals surface area contributed by atoms with E-state index in [1.807, 2.05) is 0 Å². The first-order chi connectivity index (χ1) is 8.50. The van der Waals surface area contributed by atoms with Gasteiger partial charge in [-0.2, -0.15) is 0 Å². The zero-order valence-corrected chi connectivity index (χ0v) is 13.5. The molecule has 2 aliphatic rings. The summed E-state index contributed by atoms with van der Waals surface area (Å²) >= 11 is 0. The summed E-state index contributed by atoms with van der Waals surface area (Å²) in [4.78, 5) is 2.47.